The Balaban J connectivity index is 1.41. The second-order valence-electron chi connectivity index (χ2n) is 9.93. The van der Waals surface area contributed by atoms with Gasteiger partial charge in [0, 0.05) is 11.5 Å². The van der Waals surface area contributed by atoms with Gasteiger partial charge in [0.1, 0.15) is 17.3 Å². The van der Waals surface area contributed by atoms with E-state index < -0.39 is 18.1 Å². The topological polar surface area (TPSA) is 54.0 Å². The lowest BCUT2D eigenvalue weighted by atomic mass is 10.0. The summed E-state index contributed by atoms with van der Waals surface area (Å²) in [6.45, 7) is 6.15. The van der Waals surface area contributed by atoms with Crippen LogP contribution in [0.2, 0.25) is 0 Å². The number of unbranched alkanes of at least 4 members (excludes halogenated alkanes) is 8. The number of carbonyl (C=O) groups is 1. The number of carbonyl (C=O) groups excluding carboxylic acids is 1. The molecule has 0 radical (unpaired) electrons. The van der Waals surface area contributed by atoms with Gasteiger partial charge in [-0.05, 0) is 49.2 Å². The first-order valence-electron chi connectivity index (χ1n) is 14.1. The van der Waals surface area contributed by atoms with Crippen LogP contribution in [0.1, 0.15) is 107 Å². The summed E-state index contributed by atoms with van der Waals surface area (Å²) in [5, 5.41) is 0. The Bertz CT molecular complexity index is 922. The highest BCUT2D eigenvalue weighted by Gasteiger charge is 2.26. The minimum Gasteiger partial charge on any atom is -0.494 e. The first kappa shape index (κ1) is 29.1. The summed E-state index contributed by atoms with van der Waals surface area (Å²) < 4.78 is 37.6. The molecule has 37 heavy (non-hydrogen) atoms. The monoisotopic (exact) mass is 514 g/mol. The van der Waals surface area contributed by atoms with Gasteiger partial charge in [0.25, 0.3) is 0 Å². The van der Waals surface area contributed by atoms with Crippen LogP contribution in [0.25, 0.3) is 0 Å². The molecule has 1 fully saturated rings. The van der Waals surface area contributed by atoms with E-state index in [0.717, 1.165) is 31.4 Å². The Labute approximate surface area is 221 Å². The summed E-state index contributed by atoms with van der Waals surface area (Å²) in [6.07, 6.45) is 12.5. The fourth-order valence-electron chi connectivity index (χ4n) is 4.44. The Morgan fingerprint density at radius 3 is 2.14 bits per heavy atom. The van der Waals surface area contributed by atoms with Gasteiger partial charge in [-0.1, -0.05) is 77.7 Å². The van der Waals surface area contributed by atoms with Crippen molar-refractivity contribution in [2.75, 3.05) is 19.8 Å². The standard InChI is InChI=1S/C31H43FO5/c1-3-5-7-8-9-10-11-13-24-22-35-31(36-23-24)28-19-14-25(21-29(28)32)30(33)37-27-17-15-26(16-18-27)34-20-12-6-4-2/h14-19,21,24,31H,3-13,20,22-23H2,1-2H3. The molecular formula is C31H43FO5. The van der Waals surface area contributed by atoms with E-state index in [2.05, 4.69) is 13.8 Å². The van der Waals surface area contributed by atoms with Crippen molar-refractivity contribution in [2.45, 2.75) is 90.8 Å². The molecule has 0 atom stereocenters. The van der Waals surface area contributed by atoms with Gasteiger partial charge < -0.3 is 18.9 Å². The van der Waals surface area contributed by atoms with Crippen molar-refractivity contribution in [3.05, 3.63) is 59.4 Å². The van der Waals surface area contributed by atoms with Crippen molar-refractivity contribution in [1.82, 2.24) is 0 Å². The molecule has 0 spiro atoms. The van der Waals surface area contributed by atoms with Gasteiger partial charge in [0.2, 0.25) is 0 Å². The zero-order valence-corrected chi connectivity index (χ0v) is 22.5. The quantitative estimate of drug-likeness (QED) is 0.128. The minimum atomic E-state index is -0.750. The lowest BCUT2D eigenvalue weighted by Gasteiger charge is -2.30. The van der Waals surface area contributed by atoms with Crippen LogP contribution in [0, 0.1) is 11.7 Å². The van der Waals surface area contributed by atoms with Crippen molar-refractivity contribution < 1.29 is 28.1 Å². The van der Waals surface area contributed by atoms with Crippen molar-refractivity contribution in [3.63, 3.8) is 0 Å². The van der Waals surface area contributed by atoms with Crippen molar-refractivity contribution in [2.24, 2.45) is 5.92 Å². The number of esters is 1. The lowest BCUT2D eigenvalue weighted by Crippen LogP contribution is -2.27. The van der Waals surface area contributed by atoms with Gasteiger partial charge in [-0.15, -0.1) is 0 Å². The van der Waals surface area contributed by atoms with Crippen LogP contribution in [0.3, 0.4) is 0 Å². The molecule has 1 aliphatic rings. The third kappa shape index (κ3) is 10.1. The Kier molecular flexibility index (Phi) is 12.9. The first-order valence-corrected chi connectivity index (χ1v) is 14.1. The molecule has 5 nitrogen and oxygen atoms in total. The van der Waals surface area contributed by atoms with E-state index >= 15 is 0 Å². The summed E-state index contributed by atoms with van der Waals surface area (Å²) in [4.78, 5) is 12.5. The maximum atomic E-state index is 14.8. The highest BCUT2D eigenvalue weighted by Crippen LogP contribution is 2.30. The van der Waals surface area contributed by atoms with E-state index in [1.807, 2.05) is 0 Å². The second-order valence-corrected chi connectivity index (χ2v) is 9.93. The summed E-state index contributed by atoms with van der Waals surface area (Å²) in [5.74, 6) is 0.283. The molecule has 1 saturated heterocycles. The molecule has 0 aliphatic carbocycles. The Morgan fingerprint density at radius 1 is 0.838 bits per heavy atom. The molecule has 0 bridgehead atoms. The number of benzene rings is 2. The van der Waals surface area contributed by atoms with Gasteiger partial charge >= 0.3 is 5.97 Å². The molecule has 0 N–H and O–H groups in total. The predicted octanol–water partition coefficient (Wildman–Crippen LogP) is 8.42. The van der Waals surface area contributed by atoms with Crippen LogP contribution in [0.4, 0.5) is 4.39 Å². The van der Waals surface area contributed by atoms with E-state index in [1.54, 1.807) is 36.4 Å². The van der Waals surface area contributed by atoms with Gasteiger partial charge in [0.05, 0.1) is 25.4 Å². The smallest absolute Gasteiger partial charge is 0.343 e. The molecule has 0 aromatic heterocycles. The van der Waals surface area contributed by atoms with E-state index in [1.165, 1.54) is 51.0 Å². The van der Waals surface area contributed by atoms with Gasteiger partial charge in [-0.25, -0.2) is 9.18 Å². The van der Waals surface area contributed by atoms with E-state index in [0.29, 0.717) is 37.1 Å². The summed E-state index contributed by atoms with van der Waals surface area (Å²) in [6, 6.07) is 11.1. The third-order valence-corrected chi connectivity index (χ3v) is 6.72. The molecule has 3 rings (SSSR count). The Morgan fingerprint density at radius 2 is 1.46 bits per heavy atom. The fraction of sp³-hybridized carbons (Fsp3) is 0.581. The third-order valence-electron chi connectivity index (χ3n) is 6.72. The number of halogens is 1. The second kappa shape index (κ2) is 16.4. The molecule has 204 valence electrons. The van der Waals surface area contributed by atoms with E-state index in [9.17, 15) is 9.18 Å². The average molecular weight is 515 g/mol. The minimum absolute atomic E-state index is 0.133. The maximum absolute atomic E-state index is 14.8. The predicted molar refractivity (Wildman–Crippen MR) is 144 cm³/mol. The normalized spacial score (nSPS) is 17.5. The molecule has 1 aliphatic heterocycles. The van der Waals surface area contributed by atoms with Gasteiger partial charge in [-0.3, -0.25) is 0 Å². The van der Waals surface area contributed by atoms with E-state index in [4.69, 9.17) is 18.9 Å². The summed E-state index contributed by atoms with van der Waals surface area (Å²) >= 11 is 0. The molecular weight excluding hydrogens is 471 g/mol. The van der Waals surface area contributed by atoms with Gasteiger partial charge in [-0.2, -0.15) is 0 Å². The first-order chi connectivity index (χ1) is 18.1. The van der Waals surface area contributed by atoms with Gasteiger partial charge in [0.15, 0.2) is 6.29 Å². The molecule has 0 saturated carbocycles. The molecule has 6 heteroatoms. The van der Waals surface area contributed by atoms with Crippen molar-refractivity contribution >= 4 is 5.97 Å². The molecule has 0 unspecified atom stereocenters. The molecule has 2 aromatic rings. The highest BCUT2D eigenvalue weighted by atomic mass is 19.1. The number of hydrogen-bond acceptors (Lipinski definition) is 5. The lowest BCUT2D eigenvalue weighted by molar-refractivity contribution is -0.207. The van der Waals surface area contributed by atoms with Crippen LogP contribution in [-0.2, 0) is 9.47 Å². The molecule has 0 amide bonds. The van der Waals surface area contributed by atoms with E-state index in [-0.39, 0.29) is 5.56 Å². The van der Waals surface area contributed by atoms with Crippen LogP contribution in [0.5, 0.6) is 11.5 Å². The largest absolute Gasteiger partial charge is 0.494 e. The number of ether oxygens (including phenoxy) is 4. The summed E-state index contributed by atoms with van der Waals surface area (Å²) in [5.41, 5.74) is 0.435. The molecule has 2 aromatic carbocycles. The fourth-order valence-corrected chi connectivity index (χ4v) is 4.44. The Hall–Kier alpha value is -2.44. The summed E-state index contributed by atoms with van der Waals surface area (Å²) in [7, 11) is 0. The van der Waals surface area contributed by atoms with Crippen LogP contribution >= 0.6 is 0 Å². The number of hydrogen-bond donors (Lipinski definition) is 0. The average Bonchev–Trinajstić information content (AvgIpc) is 2.92. The zero-order chi connectivity index (χ0) is 26.3. The maximum Gasteiger partial charge on any atom is 0.343 e. The van der Waals surface area contributed by atoms with Crippen molar-refractivity contribution in [1.29, 1.82) is 0 Å². The van der Waals surface area contributed by atoms with Crippen molar-refractivity contribution in [3.8, 4) is 11.5 Å². The SMILES string of the molecule is CCCCCCCCCC1COC(c2ccc(C(=O)Oc3ccc(OCCCCC)cc3)cc2F)OC1. The molecule has 1 heterocycles. The van der Waals surface area contributed by atoms with Crippen LogP contribution in [0.15, 0.2) is 42.5 Å². The van der Waals surface area contributed by atoms with Crippen LogP contribution in [-0.4, -0.2) is 25.8 Å². The van der Waals surface area contributed by atoms with Crippen LogP contribution < -0.4 is 9.47 Å². The number of rotatable bonds is 16. The highest BCUT2D eigenvalue weighted by molar-refractivity contribution is 5.91. The zero-order valence-electron chi connectivity index (χ0n) is 22.5.